The summed E-state index contributed by atoms with van der Waals surface area (Å²) >= 11 is 0. The average molecular weight is 305 g/mol. The van der Waals surface area contributed by atoms with Crippen LogP contribution in [-0.2, 0) is 14.3 Å². The predicted octanol–water partition coefficient (Wildman–Crippen LogP) is -0.495. The van der Waals surface area contributed by atoms with Crippen molar-refractivity contribution in [3.63, 3.8) is 0 Å². The van der Waals surface area contributed by atoms with Crippen molar-refractivity contribution in [2.45, 2.75) is 12.5 Å². The maximum absolute atomic E-state index is 12.1. The molecule has 1 aromatic rings. The van der Waals surface area contributed by atoms with Gasteiger partial charge in [0.05, 0.1) is 12.1 Å². The largest absolute Gasteiger partial charge is 0.457 e. The zero-order valence-electron chi connectivity index (χ0n) is 12.1. The molecule has 1 saturated heterocycles. The van der Waals surface area contributed by atoms with Crippen molar-refractivity contribution in [3.05, 3.63) is 35.9 Å². The number of benzene rings is 1. The molecular formula is C15H19N3O4. The molecule has 0 aliphatic carbocycles. The number of esters is 1. The van der Waals surface area contributed by atoms with Crippen molar-refractivity contribution in [2.24, 2.45) is 17.4 Å². The zero-order chi connectivity index (χ0) is 16.1. The Hall–Kier alpha value is -2.41. The number of hydrogen-bond acceptors (Lipinski definition) is 5. The Kier molecular flexibility index (Phi) is 5.11. The molecule has 7 heteroatoms. The van der Waals surface area contributed by atoms with Crippen molar-refractivity contribution in [1.82, 2.24) is 4.90 Å². The normalized spacial score (nSPS) is 21.5. The highest BCUT2D eigenvalue weighted by atomic mass is 16.5. The summed E-state index contributed by atoms with van der Waals surface area (Å²) in [7, 11) is 0. The van der Waals surface area contributed by atoms with Gasteiger partial charge in [-0.15, -0.1) is 0 Å². The molecule has 118 valence electrons. The average Bonchev–Trinajstić information content (AvgIpc) is 2.79. The van der Waals surface area contributed by atoms with Crippen molar-refractivity contribution >= 4 is 17.8 Å². The SMILES string of the molecule is NC(=O)C[C@H]1CN(CC(N)=O)C[C@H]1OC(=O)c1ccccc1. The molecule has 0 saturated carbocycles. The maximum atomic E-state index is 12.1. The van der Waals surface area contributed by atoms with Crippen LogP contribution < -0.4 is 11.5 Å². The van der Waals surface area contributed by atoms with E-state index in [9.17, 15) is 14.4 Å². The van der Waals surface area contributed by atoms with Gasteiger partial charge in [-0.25, -0.2) is 4.79 Å². The van der Waals surface area contributed by atoms with Gasteiger partial charge in [0.25, 0.3) is 0 Å². The number of hydrogen-bond donors (Lipinski definition) is 2. The summed E-state index contributed by atoms with van der Waals surface area (Å²) in [5.41, 5.74) is 10.8. The van der Waals surface area contributed by atoms with Crippen molar-refractivity contribution in [2.75, 3.05) is 19.6 Å². The Labute approximate surface area is 128 Å². The monoisotopic (exact) mass is 305 g/mol. The molecule has 7 nitrogen and oxygen atoms in total. The zero-order valence-corrected chi connectivity index (χ0v) is 12.1. The van der Waals surface area contributed by atoms with Crippen LogP contribution in [0, 0.1) is 5.92 Å². The molecule has 1 fully saturated rings. The van der Waals surface area contributed by atoms with Gasteiger partial charge in [0.15, 0.2) is 0 Å². The highest BCUT2D eigenvalue weighted by molar-refractivity contribution is 5.89. The Morgan fingerprint density at radius 3 is 2.36 bits per heavy atom. The first-order chi connectivity index (χ1) is 10.5. The summed E-state index contributed by atoms with van der Waals surface area (Å²) in [4.78, 5) is 36.0. The molecule has 1 aliphatic heterocycles. The number of carbonyl (C=O) groups is 3. The second kappa shape index (κ2) is 7.04. The minimum absolute atomic E-state index is 0.0641. The standard InChI is InChI=1S/C15H19N3O4/c16-13(19)6-11-7-18(9-14(17)20)8-12(11)22-15(21)10-4-2-1-3-5-10/h1-5,11-12H,6-9H2,(H2,16,19)(H2,17,20)/t11-,12+/m0/s1. The van der Waals surface area contributed by atoms with E-state index >= 15 is 0 Å². The summed E-state index contributed by atoms with van der Waals surface area (Å²) in [6.45, 7) is 0.868. The summed E-state index contributed by atoms with van der Waals surface area (Å²) in [5.74, 6) is -1.62. The van der Waals surface area contributed by atoms with E-state index in [0.29, 0.717) is 18.7 Å². The smallest absolute Gasteiger partial charge is 0.338 e. The highest BCUT2D eigenvalue weighted by Crippen LogP contribution is 2.23. The van der Waals surface area contributed by atoms with Crippen LogP contribution >= 0.6 is 0 Å². The third-order valence-corrected chi connectivity index (χ3v) is 3.57. The van der Waals surface area contributed by atoms with Gasteiger partial charge in [0, 0.05) is 25.4 Å². The molecule has 1 aliphatic rings. The molecule has 0 radical (unpaired) electrons. The minimum atomic E-state index is -0.487. The molecule has 0 bridgehead atoms. The lowest BCUT2D eigenvalue weighted by Gasteiger charge is -2.17. The van der Waals surface area contributed by atoms with Gasteiger partial charge >= 0.3 is 5.97 Å². The first-order valence-electron chi connectivity index (χ1n) is 7.00. The van der Waals surface area contributed by atoms with Crippen LogP contribution in [0.1, 0.15) is 16.8 Å². The van der Waals surface area contributed by atoms with Crippen molar-refractivity contribution in [3.8, 4) is 0 Å². The highest BCUT2D eigenvalue weighted by Gasteiger charge is 2.37. The van der Waals surface area contributed by atoms with Crippen LogP contribution in [0.15, 0.2) is 30.3 Å². The van der Waals surface area contributed by atoms with Crippen LogP contribution in [0.3, 0.4) is 0 Å². The number of nitrogens with zero attached hydrogens (tertiary/aromatic N) is 1. The van der Waals surface area contributed by atoms with E-state index in [4.69, 9.17) is 16.2 Å². The Morgan fingerprint density at radius 2 is 1.77 bits per heavy atom. The number of carbonyl (C=O) groups excluding carboxylic acids is 3. The van der Waals surface area contributed by atoms with E-state index < -0.39 is 23.9 Å². The molecule has 1 aromatic carbocycles. The number of primary amides is 2. The van der Waals surface area contributed by atoms with Crippen LogP contribution in [0.25, 0.3) is 0 Å². The lowest BCUT2D eigenvalue weighted by Crippen LogP contribution is -2.33. The second-order valence-corrected chi connectivity index (χ2v) is 5.40. The minimum Gasteiger partial charge on any atom is -0.457 e. The van der Waals surface area contributed by atoms with Gasteiger partial charge in [0.1, 0.15) is 6.10 Å². The van der Waals surface area contributed by atoms with Crippen LogP contribution in [0.4, 0.5) is 0 Å². The molecule has 2 amide bonds. The molecule has 0 aromatic heterocycles. The molecule has 1 heterocycles. The lowest BCUT2D eigenvalue weighted by atomic mass is 10.0. The van der Waals surface area contributed by atoms with Gasteiger partial charge in [-0.2, -0.15) is 0 Å². The van der Waals surface area contributed by atoms with E-state index in [2.05, 4.69) is 0 Å². The third-order valence-electron chi connectivity index (χ3n) is 3.57. The van der Waals surface area contributed by atoms with Gasteiger partial charge < -0.3 is 16.2 Å². The van der Waals surface area contributed by atoms with E-state index in [0.717, 1.165) is 0 Å². The first-order valence-corrected chi connectivity index (χ1v) is 7.00. The second-order valence-electron chi connectivity index (χ2n) is 5.40. The molecule has 2 atom stereocenters. The van der Waals surface area contributed by atoms with Gasteiger partial charge in [-0.05, 0) is 12.1 Å². The Morgan fingerprint density at radius 1 is 1.09 bits per heavy atom. The van der Waals surface area contributed by atoms with Crippen LogP contribution in [0.2, 0.25) is 0 Å². The van der Waals surface area contributed by atoms with Crippen molar-refractivity contribution in [1.29, 1.82) is 0 Å². The summed E-state index contributed by atoms with van der Waals surface area (Å²) in [5, 5.41) is 0. The number of amides is 2. The fourth-order valence-corrected chi connectivity index (χ4v) is 2.64. The number of nitrogens with two attached hydrogens (primary N) is 2. The molecular weight excluding hydrogens is 286 g/mol. The molecule has 2 rings (SSSR count). The summed E-state index contributed by atoms with van der Waals surface area (Å²) in [6.07, 6.45) is -0.387. The van der Waals surface area contributed by atoms with Gasteiger partial charge in [-0.3, -0.25) is 14.5 Å². The predicted molar refractivity (Wildman–Crippen MR) is 78.6 cm³/mol. The van der Waals surface area contributed by atoms with E-state index in [-0.39, 0.29) is 18.9 Å². The number of ether oxygens (including phenoxy) is 1. The fraction of sp³-hybridized carbons (Fsp3) is 0.400. The van der Waals surface area contributed by atoms with E-state index in [1.165, 1.54) is 0 Å². The van der Waals surface area contributed by atoms with E-state index in [1.54, 1.807) is 35.2 Å². The van der Waals surface area contributed by atoms with Crippen LogP contribution in [-0.4, -0.2) is 48.4 Å². The Balaban J connectivity index is 2.03. The number of rotatable bonds is 6. The molecule has 0 unspecified atom stereocenters. The van der Waals surface area contributed by atoms with Crippen molar-refractivity contribution < 1.29 is 19.1 Å². The first kappa shape index (κ1) is 16.0. The quantitative estimate of drug-likeness (QED) is 0.688. The maximum Gasteiger partial charge on any atom is 0.338 e. The summed E-state index contributed by atoms with van der Waals surface area (Å²) < 4.78 is 5.48. The molecule has 4 N–H and O–H groups in total. The van der Waals surface area contributed by atoms with Crippen LogP contribution in [0.5, 0.6) is 0 Å². The Bertz CT molecular complexity index is 561. The lowest BCUT2D eigenvalue weighted by molar-refractivity contribution is -0.119. The topological polar surface area (TPSA) is 116 Å². The molecule has 0 spiro atoms. The fourth-order valence-electron chi connectivity index (χ4n) is 2.64. The van der Waals surface area contributed by atoms with Gasteiger partial charge in [-0.1, -0.05) is 18.2 Å². The summed E-state index contributed by atoms with van der Waals surface area (Å²) in [6, 6.07) is 8.59. The third kappa shape index (κ3) is 4.29. The number of likely N-dealkylation sites (tertiary alicyclic amines) is 1. The molecule has 22 heavy (non-hydrogen) atoms. The van der Waals surface area contributed by atoms with E-state index in [1.807, 2.05) is 0 Å². The van der Waals surface area contributed by atoms with Gasteiger partial charge in [0.2, 0.25) is 11.8 Å².